The molecule has 0 unspecified atom stereocenters. The third-order valence-electron chi connectivity index (χ3n) is 6.14. The van der Waals surface area contributed by atoms with Crippen molar-refractivity contribution in [2.75, 3.05) is 18.4 Å². The highest BCUT2D eigenvalue weighted by molar-refractivity contribution is 7.89. The van der Waals surface area contributed by atoms with Gasteiger partial charge in [0.2, 0.25) is 15.9 Å². The fourth-order valence-corrected chi connectivity index (χ4v) is 6.05. The van der Waals surface area contributed by atoms with Crippen LogP contribution in [0.3, 0.4) is 0 Å². The van der Waals surface area contributed by atoms with Crippen LogP contribution in [0.15, 0.2) is 41.3 Å². The van der Waals surface area contributed by atoms with Crippen LogP contribution in [-0.2, 0) is 27.7 Å². The molecule has 2 aliphatic rings. The first-order valence-corrected chi connectivity index (χ1v) is 12.3. The average Bonchev–Trinajstić information content (AvgIpc) is 2.79. The summed E-state index contributed by atoms with van der Waals surface area (Å²) in [5.74, 6) is -0.434. The minimum atomic E-state index is -3.56. The van der Waals surface area contributed by atoms with E-state index >= 15 is 0 Å². The molecule has 1 fully saturated rings. The molecule has 1 heterocycles. The summed E-state index contributed by atoms with van der Waals surface area (Å²) in [6.45, 7) is 0.622. The lowest BCUT2D eigenvalue weighted by atomic mass is 9.92. The number of piperidine rings is 1. The van der Waals surface area contributed by atoms with E-state index in [1.54, 1.807) is 24.3 Å². The number of carbonyl (C=O) groups is 1. The first-order valence-electron chi connectivity index (χ1n) is 10.5. The van der Waals surface area contributed by atoms with Crippen LogP contribution in [-0.4, -0.2) is 31.7 Å². The van der Waals surface area contributed by atoms with Crippen LogP contribution in [0.1, 0.15) is 42.4 Å². The van der Waals surface area contributed by atoms with Crippen molar-refractivity contribution in [2.45, 2.75) is 43.4 Å². The first kappa shape index (κ1) is 21.8. The topological polar surface area (TPSA) is 90.3 Å². The van der Waals surface area contributed by atoms with E-state index in [4.69, 9.17) is 16.9 Å². The number of aryl methyl sites for hydroxylation is 2. The molecular formula is C23H24ClN3O3S. The molecule has 2 aromatic rings. The number of halogens is 1. The van der Waals surface area contributed by atoms with Crippen LogP contribution in [0, 0.1) is 17.2 Å². The van der Waals surface area contributed by atoms with Gasteiger partial charge in [0, 0.05) is 24.7 Å². The maximum absolute atomic E-state index is 13.1. The summed E-state index contributed by atoms with van der Waals surface area (Å²) < 4.78 is 27.7. The van der Waals surface area contributed by atoms with E-state index in [2.05, 4.69) is 5.32 Å². The Morgan fingerprint density at radius 3 is 2.45 bits per heavy atom. The number of benzene rings is 2. The number of nitriles is 1. The maximum atomic E-state index is 13.1. The van der Waals surface area contributed by atoms with Gasteiger partial charge in [-0.3, -0.25) is 4.79 Å². The van der Waals surface area contributed by atoms with Crippen molar-refractivity contribution in [1.82, 2.24) is 4.31 Å². The lowest BCUT2D eigenvalue weighted by Gasteiger charge is -2.31. The number of sulfonamides is 1. The zero-order valence-corrected chi connectivity index (χ0v) is 18.7. The molecule has 1 N–H and O–H groups in total. The van der Waals surface area contributed by atoms with Crippen molar-refractivity contribution in [2.24, 2.45) is 5.92 Å². The van der Waals surface area contributed by atoms with Crippen molar-refractivity contribution in [1.29, 1.82) is 5.26 Å². The molecule has 4 rings (SSSR count). The second-order valence-electron chi connectivity index (χ2n) is 8.11. The number of hydrogen-bond donors (Lipinski definition) is 1. The van der Waals surface area contributed by atoms with Gasteiger partial charge >= 0.3 is 0 Å². The standard InChI is InChI=1S/C23H24ClN3O3S/c24-22-14-20(7-5-19(22)15-25)26-23(28)17-9-11-27(12-10-17)31(29,30)21-8-6-16-3-1-2-4-18(16)13-21/h5-8,13-14,17H,1-4,9-12H2,(H,26,28). The quantitative estimate of drug-likeness (QED) is 0.747. The van der Waals surface area contributed by atoms with E-state index in [1.807, 2.05) is 18.2 Å². The molecule has 8 heteroatoms. The number of anilines is 1. The third kappa shape index (κ3) is 4.62. The highest BCUT2D eigenvalue weighted by Gasteiger charge is 2.32. The summed E-state index contributed by atoms with van der Waals surface area (Å²) >= 11 is 6.02. The molecule has 31 heavy (non-hydrogen) atoms. The van der Waals surface area contributed by atoms with Crippen molar-refractivity contribution in [3.8, 4) is 6.07 Å². The molecule has 1 aliphatic carbocycles. The van der Waals surface area contributed by atoms with E-state index in [1.165, 1.54) is 9.87 Å². The van der Waals surface area contributed by atoms with Gasteiger partial charge in [-0.15, -0.1) is 0 Å². The van der Waals surface area contributed by atoms with Crippen molar-refractivity contribution in [3.63, 3.8) is 0 Å². The van der Waals surface area contributed by atoms with Gasteiger partial charge in [-0.2, -0.15) is 9.57 Å². The molecule has 0 spiro atoms. The Bertz CT molecular complexity index is 1150. The van der Waals surface area contributed by atoms with Crippen LogP contribution in [0.5, 0.6) is 0 Å². The molecule has 0 atom stereocenters. The highest BCUT2D eigenvalue weighted by Crippen LogP contribution is 2.29. The number of amides is 1. The summed E-state index contributed by atoms with van der Waals surface area (Å²) in [5, 5.41) is 12.1. The lowest BCUT2D eigenvalue weighted by Crippen LogP contribution is -2.41. The third-order valence-corrected chi connectivity index (χ3v) is 8.35. The van der Waals surface area contributed by atoms with Crippen molar-refractivity contribution < 1.29 is 13.2 Å². The number of nitrogens with zero attached hydrogens (tertiary/aromatic N) is 2. The highest BCUT2D eigenvalue weighted by atomic mass is 35.5. The predicted molar refractivity (Wildman–Crippen MR) is 119 cm³/mol. The van der Waals surface area contributed by atoms with Gasteiger partial charge in [-0.05, 0) is 80.0 Å². The molecule has 0 saturated carbocycles. The fourth-order valence-electron chi connectivity index (χ4n) is 4.31. The Labute approximate surface area is 187 Å². The van der Waals surface area contributed by atoms with Crippen molar-refractivity contribution in [3.05, 3.63) is 58.1 Å². The van der Waals surface area contributed by atoms with Gasteiger partial charge in [-0.1, -0.05) is 17.7 Å². The number of rotatable bonds is 4. The van der Waals surface area contributed by atoms with Gasteiger partial charge in [0.15, 0.2) is 0 Å². The minimum Gasteiger partial charge on any atom is -0.326 e. The molecule has 6 nitrogen and oxygen atoms in total. The van der Waals surface area contributed by atoms with E-state index in [9.17, 15) is 13.2 Å². The van der Waals surface area contributed by atoms with Crippen LogP contribution in [0.25, 0.3) is 0 Å². The van der Waals surface area contributed by atoms with E-state index in [0.29, 0.717) is 42.1 Å². The van der Waals surface area contributed by atoms with Crippen LogP contribution >= 0.6 is 11.6 Å². The molecular weight excluding hydrogens is 434 g/mol. The fraction of sp³-hybridized carbons (Fsp3) is 0.391. The Balaban J connectivity index is 1.39. The molecule has 0 bridgehead atoms. The van der Waals surface area contributed by atoms with Crippen molar-refractivity contribution >= 4 is 33.2 Å². The van der Waals surface area contributed by atoms with E-state index < -0.39 is 10.0 Å². The van der Waals surface area contributed by atoms with E-state index in [0.717, 1.165) is 31.2 Å². The SMILES string of the molecule is N#Cc1ccc(NC(=O)C2CCN(S(=O)(=O)c3ccc4c(c3)CCCC4)CC2)cc1Cl. The van der Waals surface area contributed by atoms with Crippen LogP contribution < -0.4 is 5.32 Å². The Morgan fingerprint density at radius 2 is 1.77 bits per heavy atom. The molecule has 0 aromatic heterocycles. The van der Waals surface area contributed by atoms with E-state index in [-0.39, 0.29) is 16.8 Å². The smallest absolute Gasteiger partial charge is 0.243 e. The normalized spacial score (nSPS) is 17.5. The van der Waals surface area contributed by atoms with Gasteiger partial charge in [0.25, 0.3) is 0 Å². The Hall–Kier alpha value is -2.40. The average molecular weight is 458 g/mol. The molecule has 0 radical (unpaired) electrons. The largest absolute Gasteiger partial charge is 0.326 e. The zero-order valence-electron chi connectivity index (χ0n) is 17.1. The number of hydrogen-bond acceptors (Lipinski definition) is 4. The lowest BCUT2D eigenvalue weighted by molar-refractivity contribution is -0.120. The summed E-state index contributed by atoms with van der Waals surface area (Å²) in [7, 11) is -3.56. The molecule has 1 amide bonds. The molecule has 162 valence electrons. The first-order chi connectivity index (χ1) is 14.9. The molecule has 2 aromatic carbocycles. The summed E-state index contributed by atoms with van der Waals surface area (Å²) in [5.41, 5.74) is 3.27. The number of carbonyl (C=O) groups excluding carboxylic acids is 1. The summed E-state index contributed by atoms with van der Waals surface area (Å²) in [6, 6.07) is 12.2. The van der Waals surface area contributed by atoms with Crippen LogP contribution in [0.2, 0.25) is 5.02 Å². The van der Waals surface area contributed by atoms with Gasteiger partial charge in [0.1, 0.15) is 6.07 Å². The Morgan fingerprint density at radius 1 is 1.06 bits per heavy atom. The monoisotopic (exact) mass is 457 g/mol. The summed E-state index contributed by atoms with van der Waals surface area (Å²) in [6.07, 6.45) is 5.12. The number of fused-ring (bicyclic) bond motifs is 1. The zero-order chi connectivity index (χ0) is 22.0. The summed E-state index contributed by atoms with van der Waals surface area (Å²) in [4.78, 5) is 13.0. The number of nitrogens with one attached hydrogen (secondary N) is 1. The maximum Gasteiger partial charge on any atom is 0.243 e. The second kappa shape index (κ2) is 8.99. The predicted octanol–water partition coefficient (Wildman–Crippen LogP) is 4.13. The molecule has 1 saturated heterocycles. The van der Waals surface area contributed by atoms with Gasteiger partial charge < -0.3 is 5.32 Å². The molecule has 1 aliphatic heterocycles. The van der Waals surface area contributed by atoms with Crippen LogP contribution in [0.4, 0.5) is 5.69 Å². The second-order valence-corrected chi connectivity index (χ2v) is 10.5. The Kier molecular flexibility index (Phi) is 6.33. The minimum absolute atomic E-state index is 0.161. The van der Waals surface area contributed by atoms with Gasteiger partial charge in [0.05, 0.1) is 15.5 Å². The van der Waals surface area contributed by atoms with Gasteiger partial charge in [-0.25, -0.2) is 8.42 Å².